The minimum atomic E-state index is -0.458. The maximum atomic E-state index is 12.7. The molecule has 1 aliphatic carbocycles. The number of anilines is 2. The molecule has 1 saturated carbocycles. The summed E-state index contributed by atoms with van der Waals surface area (Å²) < 4.78 is 0. The predicted molar refractivity (Wildman–Crippen MR) is 120 cm³/mol. The summed E-state index contributed by atoms with van der Waals surface area (Å²) >= 11 is 6.70. The lowest BCUT2D eigenvalue weighted by Crippen LogP contribution is -2.59. The topological polar surface area (TPSA) is 69.7 Å². The van der Waals surface area contributed by atoms with Crippen LogP contribution in [0.5, 0.6) is 0 Å². The minimum Gasteiger partial charge on any atom is -0.306 e. The van der Waals surface area contributed by atoms with Crippen molar-refractivity contribution in [1.29, 1.82) is 0 Å². The number of hydrogen-bond donors (Lipinski definition) is 1. The normalized spacial score (nSPS) is 20.6. The Morgan fingerprint density at radius 3 is 2.32 bits per heavy atom. The maximum absolute atomic E-state index is 12.7. The monoisotopic (exact) mass is 437 g/mol. The Morgan fingerprint density at radius 2 is 1.65 bits per heavy atom. The van der Waals surface area contributed by atoms with Gasteiger partial charge in [0.15, 0.2) is 0 Å². The highest BCUT2D eigenvalue weighted by atomic mass is 35.5. The van der Waals surface area contributed by atoms with Crippen LogP contribution >= 0.6 is 11.6 Å². The summed E-state index contributed by atoms with van der Waals surface area (Å²) in [6.07, 6.45) is 6.24. The summed E-state index contributed by atoms with van der Waals surface area (Å²) in [6.45, 7) is 0.298. The zero-order valence-electron chi connectivity index (χ0n) is 17.2. The van der Waals surface area contributed by atoms with Gasteiger partial charge in [-0.1, -0.05) is 35.9 Å². The van der Waals surface area contributed by atoms with Crippen LogP contribution in [-0.4, -0.2) is 29.9 Å². The quantitative estimate of drug-likeness (QED) is 0.742. The molecule has 7 heteroatoms. The van der Waals surface area contributed by atoms with E-state index in [2.05, 4.69) is 5.32 Å². The van der Waals surface area contributed by atoms with E-state index in [1.54, 1.807) is 6.07 Å². The third-order valence-electron chi connectivity index (χ3n) is 6.80. The molecular formula is C24H24ClN3O3. The fourth-order valence-electron chi connectivity index (χ4n) is 5.07. The average molecular weight is 438 g/mol. The van der Waals surface area contributed by atoms with Crippen LogP contribution in [0, 0.1) is 0 Å². The molecule has 5 rings (SSSR count). The zero-order valence-corrected chi connectivity index (χ0v) is 18.0. The Labute approximate surface area is 186 Å². The number of rotatable bonds is 3. The highest BCUT2D eigenvalue weighted by Crippen LogP contribution is 2.47. The molecule has 1 N–H and O–H groups in total. The van der Waals surface area contributed by atoms with Crippen molar-refractivity contribution in [2.24, 2.45) is 0 Å². The van der Waals surface area contributed by atoms with E-state index in [9.17, 15) is 14.4 Å². The van der Waals surface area contributed by atoms with Gasteiger partial charge in [0, 0.05) is 36.2 Å². The molecule has 2 aliphatic heterocycles. The number of urea groups is 1. The molecule has 0 radical (unpaired) electrons. The number of piperidine rings is 1. The number of nitrogens with one attached hydrogen (secondary N) is 1. The molecule has 2 aromatic rings. The average Bonchev–Trinajstić information content (AvgIpc) is 2.73. The van der Waals surface area contributed by atoms with Crippen LogP contribution in [0.4, 0.5) is 16.2 Å². The molecule has 6 nitrogen and oxygen atoms in total. The first kappa shape index (κ1) is 20.1. The molecular weight excluding hydrogens is 414 g/mol. The summed E-state index contributed by atoms with van der Waals surface area (Å²) in [7, 11) is 0. The van der Waals surface area contributed by atoms with Crippen molar-refractivity contribution < 1.29 is 14.4 Å². The molecule has 0 atom stereocenters. The van der Waals surface area contributed by atoms with E-state index in [1.807, 2.05) is 41.3 Å². The van der Waals surface area contributed by atoms with Gasteiger partial charge in [-0.15, -0.1) is 0 Å². The standard InChI is InChI=1S/C24H24ClN3O3/c25-22-18(4-1-5-19(22)27-15-11-20(29)26-23(27)31)16-7-9-17(10-8-16)28-21(30)6-2-12-24(28)13-3-14-24/h1,4-5,7-10H,2-3,6,11-15H2,(H,26,29,31). The van der Waals surface area contributed by atoms with Crippen LogP contribution in [0.1, 0.15) is 44.9 Å². The van der Waals surface area contributed by atoms with Gasteiger partial charge in [-0.25, -0.2) is 4.79 Å². The van der Waals surface area contributed by atoms with E-state index in [-0.39, 0.29) is 23.8 Å². The largest absolute Gasteiger partial charge is 0.328 e. The lowest BCUT2D eigenvalue weighted by Gasteiger charge is -2.53. The van der Waals surface area contributed by atoms with Crippen LogP contribution in [0.2, 0.25) is 5.02 Å². The number of halogens is 1. The summed E-state index contributed by atoms with van der Waals surface area (Å²) in [5.41, 5.74) is 3.24. The molecule has 3 fully saturated rings. The lowest BCUT2D eigenvalue weighted by atomic mass is 9.69. The smallest absolute Gasteiger partial charge is 0.306 e. The molecule has 2 heterocycles. The molecule has 160 valence electrons. The first-order valence-electron chi connectivity index (χ1n) is 10.8. The summed E-state index contributed by atoms with van der Waals surface area (Å²) in [5, 5.41) is 2.80. The van der Waals surface area contributed by atoms with Crippen molar-refractivity contribution in [3.8, 4) is 11.1 Å². The van der Waals surface area contributed by atoms with E-state index in [4.69, 9.17) is 11.6 Å². The van der Waals surface area contributed by atoms with Gasteiger partial charge in [0.25, 0.3) is 0 Å². The zero-order chi connectivity index (χ0) is 21.6. The van der Waals surface area contributed by atoms with Crippen LogP contribution < -0.4 is 15.1 Å². The van der Waals surface area contributed by atoms with E-state index in [0.29, 0.717) is 23.7 Å². The SMILES string of the molecule is O=C1CCN(c2cccc(-c3ccc(N4C(=O)CCCC45CCC5)cc3)c2Cl)C(=O)N1. The molecule has 1 spiro atoms. The lowest BCUT2D eigenvalue weighted by molar-refractivity contribution is -0.122. The second-order valence-electron chi connectivity index (χ2n) is 8.60. The fraction of sp³-hybridized carbons (Fsp3) is 0.375. The highest BCUT2D eigenvalue weighted by molar-refractivity contribution is 6.36. The van der Waals surface area contributed by atoms with E-state index >= 15 is 0 Å². The maximum Gasteiger partial charge on any atom is 0.328 e. The van der Waals surface area contributed by atoms with Crippen molar-refractivity contribution in [2.75, 3.05) is 16.3 Å². The number of carbonyl (C=O) groups is 3. The number of imide groups is 1. The highest BCUT2D eigenvalue weighted by Gasteiger charge is 2.47. The fourth-order valence-corrected chi connectivity index (χ4v) is 5.41. The number of carbonyl (C=O) groups excluding carboxylic acids is 3. The van der Waals surface area contributed by atoms with Crippen molar-refractivity contribution >= 4 is 40.8 Å². The molecule has 2 saturated heterocycles. The molecule has 0 aromatic heterocycles. The summed E-state index contributed by atoms with van der Waals surface area (Å²) in [5.74, 6) is -0.0648. The molecule has 0 bridgehead atoms. The van der Waals surface area contributed by atoms with Gasteiger partial charge < -0.3 is 4.90 Å². The first-order chi connectivity index (χ1) is 15.0. The predicted octanol–water partition coefficient (Wildman–Crippen LogP) is 4.89. The van der Waals surface area contributed by atoms with E-state index in [1.165, 1.54) is 11.3 Å². The van der Waals surface area contributed by atoms with E-state index in [0.717, 1.165) is 42.5 Å². The minimum absolute atomic E-state index is 0.00741. The van der Waals surface area contributed by atoms with Gasteiger partial charge in [0.2, 0.25) is 11.8 Å². The molecule has 4 amide bonds. The third-order valence-corrected chi connectivity index (χ3v) is 7.20. The Bertz CT molecular complexity index is 1060. The van der Waals surface area contributed by atoms with Crippen molar-refractivity contribution in [2.45, 2.75) is 50.5 Å². The van der Waals surface area contributed by atoms with E-state index < -0.39 is 6.03 Å². The summed E-state index contributed by atoms with van der Waals surface area (Å²) in [6, 6.07) is 13.0. The molecule has 31 heavy (non-hydrogen) atoms. The van der Waals surface area contributed by atoms with Gasteiger partial charge in [-0.2, -0.15) is 0 Å². The van der Waals surface area contributed by atoms with Crippen LogP contribution in [0.25, 0.3) is 11.1 Å². The van der Waals surface area contributed by atoms with Gasteiger partial charge in [0.1, 0.15) is 0 Å². The van der Waals surface area contributed by atoms with Crippen LogP contribution in [-0.2, 0) is 9.59 Å². The summed E-state index contributed by atoms with van der Waals surface area (Å²) in [4.78, 5) is 40.0. The number of hydrogen-bond acceptors (Lipinski definition) is 3. The Hall–Kier alpha value is -2.86. The number of amides is 4. The van der Waals surface area contributed by atoms with Gasteiger partial charge in [0.05, 0.1) is 10.7 Å². The van der Waals surface area contributed by atoms with Gasteiger partial charge in [-0.3, -0.25) is 19.8 Å². The van der Waals surface area contributed by atoms with Crippen molar-refractivity contribution in [3.63, 3.8) is 0 Å². The Kier molecular flexibility index (Phi) is 4.97. The van der Waals surface area contributed by atoms with Crippen LogP contribution in [0.3, 0.4) is 0 Å². The van der Waals surface area contributed by atoms with Crippen molar-refractivity contribution in [1.82, 2.24) is 5.32 Å². The first-order valence-corrected chi connectivity index (χ1v) is 11.2. The van der Waals surface area contributed by atoms with Crippen molar-refractivity contribution in [3.05, 3.63) is 47.5 Å². The molecule has 3 aliphatic rings. The third kappa shape index (κ3) is 3.39. The van der Waals surface area contributed by atoms with Gasteiger partial charge >= 0.3 is 6.03 Å². The number of benzene rings is 2. The molecule has 2 aromatic carbocycles. The number of nitrogens with zero attached hydrogens (tertiary/aromatic N) is 2. The molecule has 0 unspecified atom stereocenters. The second-order valence-corrected chi connectivity index (χ2v) is 8.98. The van der Waals surface area contributed by atoms with Gasteiger partial charge in [-0.05, 0) is 55.9 Å². The Morgan fingerprint density at radius 1 is 0.903 bits per heavy atom. The van der Waals surface area contributed by atoms with Crippen LogP contribution in [0.15, 0.2) is 42.5 Å². The Balaban J connectivity index is 1.45. The second kappa shape index (κ2) is 7.68.